The van der Waals surface area contributed by atoms with Crippen LogP contribution in [0.15, 0.2) is 259 Å². The van der Waals surface area contributed by atoms with Crippen LogP contribution >= 0.6 is 0 Å². The summed E-state index contributed by atoms with van der Waals surface area (Å²) in [5.41, 5.74) is 15.4. The van der Waals surface area contributed by atoms with Crippen LogP contribution in [-0.2, 0) is 0 Å². The lowest BCUT2D eigenvalue weighted by Gasteiger charge is -2.30. The molecule has 0 aliphatic heterocycles. The second-order valence-corrected chi connectivity index (χ2v) is 18.0. The van der Waals surface area contributed by atoms with E-state index >= 15 is 0 Å². The molecule has 0 unspecified atom stereocenters. The number of anilines is 3. The van der Waals surface area contributed by atoms with Gasteiger partial charge in [-0.2, -0.15) is 0 Å². The first kappa shape index (κ1) is 39.0. The molecule has 0 saturated heterocycles. The summed E-state index contributed by atoms with van der Waals surface area (Å²) in [6.45, 7) is 0. The standard InChI is InChI=1S/C66H42N2O/c1-3-19-51-44(15-1)31-32-47-41-48(36-39-52(47)51)53-20-5-9-26-60(53)67(63-29-12-8-24-57(63)58-25-14-30-64-65(58)59-40-35-45-16-2-4-21-54(45)66(59)69-64)49-37-33-43(34-38-49)46-17-13-18-50(42-46)68-61-27-10-6-22-55(61)56-23-7-11-28-62(56)68/h1-42H. The maximum Gasteiger partial charge on any atom is 0.143 e. The monoisotopic (exact) mass is 878 g/mol. The predicted molar refractivity (Wildman–Crippen MR) is 292 cm³/mol. The summed E-state index contributed by atoms with van der Waals surface area (Å²) < 4.78 is 9.14. The van der Waals surface area contributed by atoms with Crippen LogP contribution in [0.1, 0.15) is 0 Å². The third-order valence-corrected chi connectivity index (χ3v) is 14.2. The van der Waals surface area contributed by atoms with Gasteiger partial charge in [0, 0.05) is 49.4 Å². The zero-order valence-electron chi connectivity index (χ0n) is 37.6. The highest BCUT2D eigenvalue weighted by Gasteiger charge is 2.23. The van der Waals surface area contributed by atoms with Gasteiger partial charge in [0.25, 0.3) is 0 Å². The molecular weight excluding hydrogens is 837 g/mol. The number of fused-ring (bicyclic) bond motifs is 11. The Hall–Kier alpha value is -9.18. The van der Waals surface area contributed by atoms with Crippen LogP contribution in [0.3, 0.4) is 0 Å². The molecule has 3 heteroatoms. The normalized spacial score (nSPS) is 11.8. The van der Waals surface area contributed by atoms with Gasteiger partial charge in [-0.3, -0.25) is 0 Å². The van der Waals surface area contributed by atoms with Crippen molar-refractivity contribution in [2.75, 3.05) is 4.90 Å². The molecular formula is C66H42N2O. The topological polar surface area (TPSA) is 21.3 Å². The zero-order chi connectivity index (χ0) is 45.4. The zero-order valence-corrected chi connectivity index (χ0v) is 37.6. The summed E-state index contributed by atoms with van der Waals surface area (Å²) in [5.74, 6) is 0. The average Bonchev–Trinajstić information content (AvgIpc) is 3.98. The molecule has 0 fully saturated rings. The van der Waals surface area contributed by atoms with E-state index < -0.39 is 0 Å². The van der Waals surface area contributed by atoms with Crippen LogP contribution in [0, 0.1) is 0 Å². The van der Waals surface area contributed by atoms with Gasteiger partial charge in [-0.25, -0.2) is 0 Å². The van der Waals surface area contributed by atoms with Crippen LogP contribution in [0.2, 0.25) is 0 Å². The third kappa shape index (κ3) is 6.29. The molecule has 3 nitrogen and oxygen atoms in total. The molecule has 69 heavy (non-hydrogen) atoms. The van der Waals surface area contributed by atoms with E-state index in [1.54, 1.807) is 0 Å². The first-order valence-electron chi connectivity index (χ1n) is 23.7. The molecule has 14 rings (SSSR count). The SMILES string of the molecule is c1cc(-c2ccc(N(c3ccccc3-c3ccc4c(ccc5ccccc54)c3)c3ccccc3-c3cccc4oc5c6ccccc6ccc5c34)cc2)cc(-n2c3ccccc3c3ccccc32)c1. The Kier molecular flexibility index (Phi) is 8.90. The van der Waals surface area contributed by atoms with Gasteiger partial charge in [-0.15, -0.1) is 0 Å². The Morgan fingerprint density at radius 2 is 0.870 bits per heavy atom. The summed E-state index contributed by atoms with van der Waals surface area (Å²) in [4.78, 5) is 2.45. The van der Waals surface area contributed by atoms with Gasteiger partial charge >= 0.3 is 0 Å². The van der Waals surface area contributed by atoms with Crippen molar-refractivity contribution in [3.8, 4) is 39.1 Å². The van der Waals surface area contributed by atoms with Crippen molar-refractivity contribution in [3.63, 3.8) is 0 Å². The molecule has 0 saturated carbocycles. The minimum absolute atomic E-state index is 0.872. The predicted octanol–water partition coefficient (Wildman–Crippen LogP) is 18.6. The minimum atomic E-state index is 0.872. The lowest BCUT2D eigenvalue weighted by atomic mass is 9.94. The van der Waals surface area contributed by atoms with Crippen molar-refractivity contribution in [2.45, 2.75) is 0 Å². The summed E-state index contributed by atoms with van der Waals surface area (Å²) in [6, 6.07) is 92.6. The number of nitrogens with zero attached hydrogens (tertiary/aromatic N) is 2. The lowest BCUT2D eigenvalue weighted by Crippen LogP contribution is -2.12. The van der Waals surface area contributed by atoms with E-state index in [1.807, 2.05) is 0 Å². The second kappa shape index (κ2) is 15.7. The van der Waals surface area contributed by atoms with Crippen LogP contribution < -0.4 is 4.90 Å². The number of rotatable bonds is 7. The fraction of sp³-hybridized carbons (Fsp3) is 0. The van der Waals surface area contributed by atoms with Gasteiger partial charge in [-0.1, -0.05) is 188 Å². The van der Waals surface area contributed by atoms with E-state index in [2.05, 4.69) is 264 Å². The van der Waals surface area contributed by atoms with Gasteiger partial charge in [-0.05, 0) is 116 Å². The molecule has 322 valence electrons. The highest BCUT2D eigenvalue weighted by atomic mass is 16.3. The molecule has 0 N–H and O–H groups in total. The highest BCUT2D eigenvalue weighted by Crippen LogP contribution is 2.48. The Morgan fingerprint density at radius 3 is 1.65 bits per heavy atom. The largest absolute Gasteiger partial charge is 0.455 e. The Morgan fingerprint density at radius 1 is 0.319 bits per heavy atom. The van der Waals surface area contributed by atoms with E-state index in [0.717, 1.165) is 88.8 Å². The third-order valence-electron chi connectivity index (χ3n) is 14.2. The molecule has 2 heterocycles. The quantitative estimate of drug-likeness (QED) is 0.149. The van der Waals surface area contributed by atoms with Crippen LogP contribution in [0.4, 0.5) is 17.1 Å². The van der Waals surface area contributed by atoms with Crippen molar-refractivity contribution in [1.29, 1.82) is 0 Å². The Labute approximate surface area is 399 Å². The van der Waals surface area contributed by atoms with Crippen LogP contribution in [-0.4, -0.2) is 4.57 Å². The van der Waals surface area contributed by atoms with Gasteiger partial charge < -0.3 is 13.9 Å². The first-order chi connectivity index (χ1) is 34.2. The smallest absolute Gasteiger partial charge is 0.143 e. The molecule has 0 aliphatic carbocycles. The number of benzene rings is 12. The second-order valence-electron chi connectivity index (χ2n) is 18.0. The number of para-hydroxylation sites is 4. The van der Waals surface area contributed by atoms with Crippen molar-refractivity contribution >= 4 is 93.1 Å². The maximum atomic E-state index is 6.75. The number of furan rings is 1. The number of aromatic nitrogens is 1. The van der Waals surface area contributed by atoms with E-state index in [-0.39, 0.29) is 0 Å². The average molecular weight is 879 g/mol. The maximum absolute atomic E-state index is 6.75. The molecule has 0 aliphatic rings. The van der Waals surface area contributed by atoms with Gasteiger partial charge in [0.15, 0.2) is 0 Å². The molecule has 2 aromatic heterocycles. The molecule has 0 spiro atoms. The van der Waals surface area contributed by atoms with E-state index in [4.69, 9.17) is 4.42 Å². The summed E-state index contributed by atoms with van der Waals surface area (Å²) in [6.07, 6.45) is 0. The Balaban J connectivity index is 0.949. The minimum Gasteiger partial charge on any atom is -0.455 e. The fourth-order valence-corrected chi connectivity index (χ4v) is 11.0. The molecule has 0 bridgehead atoms. The van der Waals surface area contributed by atoms with Crippen molar-refractivity contribution in [1.82, 2.24) is 4.57 Å². The van der Waals surface area contributed by atoms with E-state index in [0.29, 0.717) is 0 Å². The number of hydrogen-bond acceptors (Lipinski definition) is 2. The van der Waals surface area contributed by atoms with Crippen molar-refractivity contribution in [3.05, 3.63) is 255 Å². The van der Waals surface area contributed by atoms with E-state index in [1.165, 1.54) is 43.4 Å². The van der Waals surface area contributed by atoms with Gasteiger partial charge in [0.2, 0.25) is 0 Å². The van der Waals surface area contributed by atoms with Crippen molar-refractivity contribution in [2.24, 2.45) is 0 Å². The summed E-state index contributed by atoms with van der Waals surface area (Å²) in [5, 5.41) is 12.0. The van der Waals surface area contributed by atoms with Crippen LogP contribution in [0.5, 0.6) is 0 Å². The van der Waals surface area contributed by atoms with Crippen LogP contribution in [0.25, 0.3) is 115 Å². The fourth-order valence-electron chi connectivity index (χ4n) is 11.0. The Bertz CT molecular complexity index is 4270. The molecule has 0 atom stereocenters. The lowest BCUT2D eigenvalue weighted by molar-refractivity contribution is 0.673. The first-order valence-corrected chi connectivity index (χ1v) is 23.7. The summed E-state index contributed by atoms with van der Waals surface area (Å²) in [7, 11) is 0. The molecule has 0 radical (unpaired) electrons. The van der Waals surface area contributed by atoms with E-state index in [9.17, 15) is 0 Å². The van der Waals surface area contributed by atoms with Gasteiger partial charge in [0.1, 0.15) is 11.2 Å². The van der Waals surface area contributed by atoms with Crippen molar-refractivity contribution < 1.29 is 4.42 Å². The van der Waals surface area contributed by atoms with Gasteiger partial charge in [0.05, 0.1) is 22.4 Å². The highest BCUT2D eigenvalue weighted by molar-refractivity contribution is 6.20. The summed E-state index contributed by atoms with van der Waals surface area (Å²) >= 11 is 0. The molecule has 12 aromatic carbocycles. The molecule has 0 amide bonds. The number of hydrogen-bond donors (Lipinski definition) is 0. The molecule has 14 aromatic rings.